The normalized spacial score (nSPS) is 28.2. The van der Waals surface area contributed by atoms with Gasteiger partial charge in [-0.1, -0.05) is 6.07 Å². The van der Waals surface area contributed by atoms with Gasteiger partial charge in [-0.2, -0.15) is 0 Å². The van der Waals surface area contributed by atoms with Crippen LogP contribution in [0.4, 0.5) is 4.39 Å². The van der Waals surface area contributed by atoms with E-state index >= 15 is 0 Å². The van der Waals surface area contributed by atoms with Crippen molar-refractivity contribution in [3.05, 3.63) is 45.3 Å². The van der Waals surface area contributed by atoms with Crippen LogP contribution < -0.4 is 0 Å². The topological polar surface area (TPSA) is 72.8 Å². The molecule has 0 aromatic heterocycles. The van der Waals surface area contributed by atoms with E-state index in [1.807, 2.05) is 0 Å². The van der Waals surface area contributed by atoms with Crippen LogP contribution in [0.1, 0.15) is 24.3 Å². The molecule has 0 radical (unpaired) electrons. The molecule has 132 valence electrons. The van der Waals surface area contributed by atoms with Crippen LogP contribution >= 0.6 is 15.9 Å². The zero-order valence-corrected chi connectivity index (χ0v) is 15.6. The van der Waals surface area contributed by atoms with Gasteiger partial charge in [-0.15, -0.1) is 0 Å². The maximum Gasteiger partial charge on any atom is 0.187 e. The van der Waals surface area contributed by atoms with Crippen molar-refractivity contribution in [1.82, 2.24) is 0 Å². The van der Waals surface area contributed by atoms with Crippen molar-refractivity contribution in [2.75, 3.05) is 19.0 Å². The summed E-state index contributed by atoms with van der Waals surface area (Å²) in [4.78, 5) is 17.0. The van der Waals surface area contributed by atoms with E-state index in [9.17, 15) is 17.6 Å². The summed E-state index contributed by atoms with van der Waals surface area (Å²) < 4.78 is 44.8. The lowest BCUT2D eigenvalue weighted by atomic mass is 9.79. The van der Waals surface area contributed by atoms with Gasteiger partial charge in [-0.3, -0.25) is 9.79 Å². The number of hydrogen-bond acceptors (Lipinski definition) is 5. The molecule has 0 bridgehead atoms. The van der Waals surface area contributed by atoms with Crippen LogP contribution in [0.3, 0.4) is 0 Å². The summed E-state index contributed by atoms with van der Waals surface area (Å²) in [7, 11) is -3.44. The Morgan fingerprint density at radius 1 is 1.28 bits per heavy atom. The Kier molecular flexibility index (Phi) is 4.16. The summed E-state index contributed by atoms with van der Waals surface area (Å²) >= 11 is 3.15. The second-order valence-electron chi connectivity index (χ2n) is 6.42. The molecule has 3 aliphatic rings. The summed E-state index contributed by atoms with van der Waals surface area (Å²) in [6.07, 6.45) is 1.10. The smallest absolute Gasteiger partial charge is 0.187 e. The molecule has 25 heavy (non-hydrogen) atoms. The molecule has 5 nitrogen and oxygen atoms in total. The Bertz CT molecular complexity index is 938. The predicted molar refractivity (Wildman–Crippen MR) is 93.9 cm³/mol. The van der Waals surface area contributed by atoms with Crippen molar-refractivity contribution >= 4 is 37.3 Å². The number of ketones is 1. The molecule has 0 saturated carbocycles. The van der Waals surface area contributed by atoms with Crippen molar-refractivity contribution in [1.29, 1.82) is 0 Å². The van der Waals surface area contributed by atoms with Gasteiger partial charge in [0.25, 0.3) is 0 Å². The van der Waals surface area contributed by atoms with E-state index in [1.165, 1.54) is 6.07 Å². The zero-order valence-electron chi connectivity index (χ0n) is 13.2. The lowest BCUT2D eigenvalue weighted by molar-refractivity contribution is -0.121. The lowest BCUT2D eigenvalue weighted by Crippen LogP contribution is -2.46. The molecule has 0 N–H and O–H groups in total. The van der Waals surface area contributed by atoms with Gasteiger partial charge in [0.15, 0.2) is 15.6 Å². The Hall–Kier alpha value is -1.38. The van der Waals surface area contributed by atoms with Crippen LogP contribution in [0.2, 0.25) is 0 Å². The molecule has 4 rings (SSSR count). The first-order valence-corrected chi connectivity index (χ1v) is 10.5. The third kappa shape index (κ3) is 2.80. The van der Waals surface area contributed by atoms with Crippen molar-refractivity contribution in [2.45, 2.75) is 24.0 Å². The van der Waals surface area contributed by atoms with E-state index in [2.05, 4.69) is 20.9 Å². The number of aliphatic imine (C=N–C) groups is 1. The van der Waals surface area contributed by atoms with Gasteiger partial charge >= 0.3 is 0 Å². The highest BCUT2D eigenvalue weighted by atomic mass is 79.9. The molecule has 0 aliphatic carbocycles. The van der Waals surface area contributed by atoms with Gasteiger partial charge in [0.05, 0.1) is 22.5 Å². The van der Waals surface area contributed by atoms with Crippen molar-refractivity contribution in [3.8, 4) is 0 Å². The summed E-state index contributed by atoms with van der Waals surface area (Å²) in [5, 5.41) is -0.862. The van der Waals surface area contributed by atoms with E-state index in [0.717, 1.165) is 0 Å². The summed E-state index contributed by atoms with van der Waals surface area (Å²) in [6, 6.07) is 4.38. The van der Waals surface area contributed by atoms with Gasteiger partial charge in [0.2, 0.25) is 0 Å². The molecule has 0 amide bonds. The third-order valence-corrected chi connectivity index (χ3v) is 7.64. The van der Waals surface area contributed by atoms with Crippen LogP contribution in [-0.2, 0) is 19.4 Å². The average Bonchev–Trinajstić information content (AvgIpc) is 2.55. The molecule has 1 fully saturated rings. The Morgan fingerprint density at radius 2 is 2.08 bits per heavy atom. The average molecular weight is 428 g/mol. The van der Waals surface area contributed by atoms with Gasteiger partial charge in [-0.05, 0) is 46.5 Å². The monoisotopic (exact) mass is 427 g/mol. The second-order valence-corrected chi connectivity index (χ2v) is 9.52. The van der Waals surface area contributed by atoms with E-state index < -0.39 is 26.8 Å². The van der Waals surface area contributed by atoms with Crippen LogP contribution in [0, 0.1) is 5.82 Å². The largest absolute Gasteiger partial charge is 0.367 e. The number of nitrogens with zero attached hydrogens (tertiary/aromatic N) is 1. The highest BCUT2D eigenvalue weighted by Crippen LogP contribution is 2.43. The Balaban J connectivity index is 1.95. The molecule has 1 saturated heterocycles. The first-order chi connectivity index (χ1) is 11.9. The lowest BCUT2D eigenvalue weighted by Gasteiger charge is -2.38. The van der Waals surface area contributed by atoms with E-state index in [0.29, 0.717) is 35.4 Å². The Morgan fingerprint density at radius 3 is 2.84 bits per heavy atom. The first-order valence-electron chi connectivity index (χ1n) is 7.96. The molecule has 1 aromatic rings. The number of carbonyl (C=O) groups is 1. The fraction of sp³-hybridized carbons (Fsp3) is 0.412. The van der Waals surface area contributed by atoms with E-state index in [-0.39, 0.29) is 29.2 Å². The van der Waals surface area contributed by atoms with Crippen LogP contribution in [0.5, 0.6) is 0 Å². The maximum atomic E-state index is 13.7. The minimum atomic E-state index is -3.44. The fourth-order valence-electron chi connectivity index (χ4n) is 3.82. The summed E-state index contributed by atoms with van der Waals surface area (Å²) in [5.41, 5.74) is 2.07. The number of fused-ring (bicyclic) bond motifs is 1. The van der Waals surface area contributed by atoms with Crippen LogP contribution in [0.15, 0.2) is 38.9 Å². The van der Waals surface area contributed by atoms with Gasteiger partial charge in [0.1, 0.15) is 17.7 Å². The van der Waals surface area contributed by atoms with E-state index in [4.69, 9.17) is 4.74 Å². The number of Topliss-reactive ketones (excluding diaryl/α,β-unsaturated/α-hetero) is 1. The summed E-state index contributed by atoms with van der Waals surface area (Å²) in [5.74, 6) is -1.29. The molecule has 2 unspecified atom stereocenters. The molecule has 0 spiro atoms. The van der Waals surface area contributed by atoms with Crippen molar-refractivity contribution < 1.29 is 22.3 Å². The minimum absolute atomic E-state index is 0.0723. The first kappa shape index (κ1) is 17.1. The minimum Gasteiger partial charge on any atom is -0.367 e. The summed E-state index contributed by atoms with van der Waals surface area (Å²) in [6.45, 7) is 0.103. The molecule has 3 heterocycles. The van der Waals surface area contributed by atoms with E-state index in [1.54, 1.807) is 12.1 Å². The number of sulfone groups is 1. The highest BCUT2D eigenvalue weighted by Gasteiger charge is 2.47. The Labute approximate surface area is 153 Å². The molecular formula is C17H15BrFNO4S. The predicted octanol–water partition coefficient (Wildman–Crippen LogP) is 2.56. The van der Waals surface area contributed by atoms with Gasteiger partial charge < -0.3 is 4.74 Å². The number of halogens is 2. The second kappa shape index (κ2) is 6.10. The van der Waals surface area contributed by atoms with Crippen LogP contribution in [-0.4, -0.2) is 44.1 Å². The number of carbonyl (C=O) groups excluding carboxylic acids is 1. The molecular weight excluding hydrogens is 413 g/mol. The maximum absolute atomic E-state index is 13.7. The molecule has 1 aromatic carbocycles. The van der Waals surface area contributed by atoms with Crippen molar-refractivity contribution in [3.63, 3.8) is 0 Å². The number of ether oxygens (including phenoxy) is 1. The molecule has 2 atom stereocenters. The highest BCUT2D eigenvalue weighted by molar-refractivity contribution is 9.10. The quantitative estimate of drug-likeness (QED) is 0.690. The van der Waals surface area contributed by atoms with Crippen molar-refractivity contribution in [2.24, 2.45) is 4.99 Å². The third-order valence-electron chi connectivity index (χ3n) is 4.86. The molecule has 3 aliphatic heterocycles. The number of benzene rings is 1. The fourth-order valence-corrected chi connectivity index (χ4v) is 6.31. The molecule has 8 heteroatoms. The van der Waals surface area contributed by atoms with Gasteiger partial charge in [0, 0.05) is 17.2 Å². The zero-order chi connectivity index (χ0) is 17.8. The number of hydrogen-bond donors (Lipinski definition) is 0. The SMILES string of the molecule is O=C1COCC2=C1C(c1ccc(F)c(Br)c1)C1C(=N2)CCCS1(=O)=O. The number of rotatable bonds is 1. The standard InChI is InChI=1S/C17H15BrFNO4S/c18-10-6-9(3-4-11(10)19)15-16-13(7-24-8-14(16)21)20-12-2-1-5-25(22,23)17(12)15/h3-4,6,15,17H,1-2,5,7-8H2. The van der Waals surface area contributed by atoms with Crippen LogP contribution in [0.25, 0.3) is 0 Å². The van der Waals surface area contributed by atoms with Gasteiger partial charge in [-0.25, -0.2) is 12.8 Å².